The number of carbonyl (C=O) groups excluding carboxylic acids is 1. The summed E-state index contributed by atoms with van der Waals surface area (Å²) in [7, 11) is 0. The van der Waals surface area contributed by atoms with Crippen molar-refractivity contribution < 1.29 is 19.0 Å². The molecule has 1 saturated heterocycles. The highest BCUT2D eigenvalue weighted by atomic mass is 35.5. The fourth-order valence-corrected chi connectivity index (χ4v) is 3.39. The summed E-state index contributed by atoms with van der Waals surface area (Å²) in [4.78, 5) is 12.9. The topological polar surface area (TPSA) is 86.6 Å². The van der Waals surface area contributed by atoms with Gasteiger partial charge in [0.25, 0.3) is 0 Å². The zero-order chi connectivity index (χ0) is 17.8. The van der Waals surface area contributed by atoms with Crippen LogP contribution in [0.5, 0.6) is 17.2 Å². The lowest BCUT2D eigenvalue weighted by molar-refractivity contribution is -0.132. The maximum atomic E-state index is 12.9. The highest BCUT2D eigenvalue weighted by Crippen LogP contribution is 2.35. The van der Waals surface area contributed by atoms with Crippen LogP contribution in [-0.2, 0) is 10.3 Å². The molecule has 0 spiro atoms. The van der Waals surface area contributed by atoms with Crippen molar-refractivity contribution in [2.75, 3.05) is 33.0 Å². The number of nitrogens with one attached hydrogen (secondary N) is 2. The van der Waals surface area contributed by atoms with Gasteiger partial charge in [0.1, 0.15) is 17.9 Å². The molecule has 0 saturated carbocycles. The van der Waals surface area contributed by atoms with Gasteiger partial charge in [0.15, 0.2) is 11.5 Å². The summed E-state index contributed by atoms with van der Waals surface area (Å²) >= 11 is 0. The summed E-state index contributed by atoms with van der Waals surface area (Å²) in [6.07, 6.45) is 4.99. The van der Waals surface area contributed by atoms with Crippen LogP contribution in [-0.4, -0.2) is 48.7 Å². The first-order valence-corrected chi connectivity index (χ1v) is 8.79. The molecule has 4 rings (SSSR count). The molecule has 0 bridgehead atoms. The molecule has 0 radical (unpaired) electrons. The van der Waals surface area contributed by atoms with Crippen molar-refractivity contribution in [2.45, 2.75) is 18.4 Å². The normalized spacial score (nSPS) is 17.0. The smallest absolute Gasteiger partial charge is 0.248 e. The Morgan fingerprint density at radius 3 is 2.89 bits per heavy atom. The van der Waals surface area contributed by atoms with E-state index in [0.717, 1.165) is 18.8 Å². The molecule has 8 nitrogen and oxygen atoms in total. The second-order valence-corrected chi connectivity index (χ2v) is 6.35. The van der Waals surface area contributed by atoms with E-state index in [4.69, 9.17) is 14.2 Å². The van der Waals surface area contributed by atoms with Crippen LogP contribution in [0.3, 0.4) is 0 Å². The minimum atomic E-state index is -0.631. The number of hydrogen-bond acceptors (Lipinski definition) is 6. The predicted octanol–water partition coefficient (Wildman–Crippen LogP) is 1.31. The van der Waals surface area contributed by atoms with E-state index in [1.54, 1.807) is 16.9 Å². The number of nitrogens with zero attached hydrogens (tertiary/aromatic N) is 2. The van der Waals surface area contributed by atoms with Crippen LogP contribution >= 0.6 is 12.4 Å². The van der Waals surface area contributed by atoms with E-state index in [9.17, 15) is 4.79 Å². The molecule has 0 aliphatic carbocycles. The van der Waals surface area contributed by atoms with Gasteiger partial charge < -0.3 is 24.8 Å². The molecule has 27 heavy (non-hydrogen) atoms. The Morgan fingerprint density at radius 1 is 1.30 bits per heavy atom. The Labute approximate surface area is 163 Å². The molecule has 146 valence electrons. The van der Waals surface area contributed by atoms with Gasteiger partial charge >= 0.3 is 0 Å². The number of benzene rings is 1. The monoisotopic (exact) mass is 394 g/mol. The Bertz CT molecular complexity index is 763. The fraction of sp³-hybridized carbons (Fsp3) is 0.444. The lowest BCUT2D eigenvalue weighted by Gasteiger charge is -2.36. The number of aromatic nitrogens is 2. The van der Waals surface area contributed by atoms with Crippen LogP contribution in [0.15, 0.2) is 36.7 Å². The molecule has 1 aromatic heterocycles. The Morgan fingerprint density at radius 2 is 2.11 bits per heavy atom. The third-order valence-electron chi connectivity index (χ3n) is 4.80. The summed E-state index contributed by atoms with van der Waals surface area (Å²) in [5.41, 5.74) is -0.631. The average molecular weight is 395 g/mol. The largest absolute Gasteiger partial charge is 0.492 e. The number of rotatable bonds is 6. The molecule has 9 heteroatoms. The van der Waals surface area contributed by atoms with Gasteiger partial charge in [-0.1, -0.05) is 0 Å². The van der Waals surface area contributed by atoms with Crippen molar-refractivity contribution in [1.29, 1.82) is 0 Å². The van der Waals surface area contributed by atoms with Crippen molar-refractivity contribution in [2.24, 2.45) is 0 Å². The summed E-state index contributed by atoms with van der Waals surface area (Å²) in [6, 6.07) is 7.29. The lowest BCUT2D eigenvalue weighted by Crippen LogP contribution is -2.55. The van der Waals surface area contributed by atoms with E-state index in [0.29, 0.717) is 37.5 Å². The van der Waals surface area contributed by atoms with Crippen molar-refractivity contribution in [3.8, 4) is 17.2 Å². The summed E-state index contributed by atoms with van der Waals surface area (Å²) in [5, 5.41) is 10.6. The van der Waals surface area contributed by atoms with Gasteiger partial charge in [-0.15, -0.1) is 12.4 Å². The standard InChI is InChI=1S/C18H22N4O4.ClH/c23-17(18(4-7-19-8-5-18)22-10-1-6-21-22)20-9-11-24-14-2-3-15-16(12-14)26-13-25-15;/h1-3,6,10,12,19H,4-5,7-9,11,13H2,(H,20,23);1H. The quantitative estimate of drug-likeness (QED) is 0.718. The van der Waals surface area contributed by atoms with E-state index < -0.39 is 5.54 Å². The van der Waals surface area contributed by atoms with E-state index in [2.05, 4.69) is 15.7 Å². The number of piperidine rings is 1. The molecular formula is C18H23ClN4O4. The molecule has 1 fully saturated rings. The van der Waals surface area contributed by atoms with Crippen LogP contribution in [0.25, 0.3) is 0 Å². The Hall–Kier alpha value is -2.45. The van der Waals surface area contributed by atoms with E-state index >= 15 is 0 Å². The highest BCUT2D eigenvalue weighted by Gasteiger charge is 2.41. The first kappa shape index (κ1) is 19.3. The first-order chi connectivity index (χ1) is 12.8. The molecule has 3 heterocycles. The SMILES string of the molecule is Cl.O=C(NCCOc1ccc2c(c1)OCO2)C1(n2cccn2)CCNCC1. The molecule has 2 aliphatic heterocycles. The van der Waals surface area contributed by atoms with Crippen LogP contribution < -0.4 is 24.8 Å². The van der Waals surface area contributed by atoms with Crippen molar-refractivity contribution in [3.05, 3.63) is 36.7 Å². The minimum absolute atomic E-state index is 0. The van der Waals surface area contributed by atoms with Crippen molar-refractivity contribution in [3.63, 3.8) is 0 Å². The Balaban J connectivity index is 0.00000210. The molecule has 1 aromatic carbocycles. The van der Waals surface area contributed by atoms with Gasteiger partial charge in [0.2, 0.25) is 12.7 Å². The maximum Gasteiger partial charge on any atom is 0.248 e. The van der Waals surface area contributed by atoms with Crippen LogP contribution in [0.1, 0.15) is 12.8 Å². The maximum absolute atomic E-state index is 12.9. The minimum Gasteiger partial charge on any atom is -0.492 e. The molecule has 0 unspecified atom stereocenters. The second kappa shape index (κ2) is 8.49. The molecule has 2 aromatic rings. The van der Waals surface area contributed by atoms with Crippen LogP contribution in [0.4, 0.5) is 0 Å². The van der Waals surface area contributed by atoms with E-state index in [1.165, 1.54) is 0 Å². The number of halogens is 1. The Kier molecular flexibility index (Phi) is 6.08. The third kappa shape index (κ3) is 3.96. The van der Waals surface area contributed by atoms with E-state index in [-0.39, 0.29) is 25.1 Å². The molecule has 1 amide bonds. The summed E-state index contributed by atoms with van der Waals surface area (Å²) in [5.74, 6) is 2.07. The van der Waals surface area contributed by atoms with Gasteiger partial charge in [-0.2, -0.15) is 5.10 Å². The van der Waals surface area contributed by atoms with Gasteiger partial charge in [-0.05, 0) is 44.1 Å². The summed E-state index contributed by atoms with van der Waals surface area (Å²) < 4.78 is 18.1. The van der Waals surface area contributed by atoms with Gasteiger partial charge in [0.05, 0.1) is 6.54 Å². The zero-order valence-corrected chi connectivity index (χ0v) is 15.7. The molecule has 2 N–H and O–H groups in total. The second-order valence-electron chi connectivity index (χ2n) is 6.35. The molecular weight excluding hydrogens is 372 g/mol. The summed E-state index contributed by atoms with van der Waals surface area (Å²) in [6.45, 7) is 2.61. The first-order valence-electron chi connectivity index (χ1n) is 8.79. The number of ether oxygens (including phenoxy) is 3. The lowest BCUT2D eigenvalue weighted by atomic mass is 9.87. The molecule has 0 atom stereocenters. The van der Waals surface area contributed by atoms with Gasteiger partial charge in [0, 0.05) is 18.5 Å². The fourth-order valence-electron chi connectivity index (χ4n) is 3.39. The van der Waals surface area contributed by atoms with Crippen molar-refractivity contribution in [1.82, 2.24) is 20.4 Å². The highest BCUT2D eigenvalue weighted by molar-refractivity contribution is 5.85. The van der Waals surface area contributed by atoms with Gasteiger partial charge in [-0.3, -0.25) is 9.48 Å². The van der Waals surface area contributed by atoms with Crippen LogP contribution in [0, 0.1) is 0 Å². The number of hydrogen-bond donors (Lipinski definition) is 2. The number of fused-ring (bicyclic) bond motifs is 1. The zero-order valence-electron chi connectivity index (χ0n) is 14.8. The number of amides is 1. The van der Waals surface area contributed by atoms with Crippen molar-refractivity contribution >= 4 is 18.3 Å². The third-order valence-corrected chi connectivity index (χ3v) is 4.80. The number of carbonyl (C=O) groups is 1. The average Bonchev–Trinajstić information content (AvgIpc) is 3.37. The predicted molar refractivity (Wildman–Crippen MR) is 101 cm³/mol. The van der Waals surface area contributed by atoms with Gasteiger partial charge in [-0.25, -0.2) is 0 Å². The molecule has 2 aliphatic rings. The van der Waals surface area contributed by atoms with Crippen LogP contribution in [0.2, 0.25) is 0 Å². The van der Waals surface area contributed by atoms with E-state index in [1.807, 2.05) is 24.4 Å².